The van der Waals surface area contributed by atoms with E-state index in [4.69, 9.17) is 10.00 Å². The predicted molar refractivity (Wildman–Crippen MR) is 103 cm³/mol. The molecule has 0 spiro atoms. The standard InChI is InChI=1S/C21H21N3O4/c1-14(16-6-4-3-5-7-16)23-20(26)15(2)28-21(27)17-8-10-18(11-9-17)24-19(25)12-13-22/h3-11,14-15H,12H2,1-2H3,(H,23,26)(H,24,25)/t14-,15-/m1/s1. The van der Waals surface area contributed by atoms with Crippen molar-refractivity contribution in [3.8, 4) is 6.07 Å². The Balaban J connectivity index is 1.90. The van der Waals surface area contributed by atoms with Crippen LogP contribution in [-0.2, 0) is 14.3 Å². The molecule has 2 atom stereocenters. The van der Waals surface area contributed by atoms with Crippen LogP contribution in [0.3, 0.4) is 0 Å². The zero-order valence-corrected chi connectivity index (χ0v) is 15.6. The van der Waals surface area contributed by atoms with Crippen LogP contribution in [0.15, 0.2) is 54.6 Å². The number of esters is 1. The summed E-state index contributed by atoms with van der Waals surface area (Å²) >= 11 is 0. The number of nitriles is 1. The first-order valence-electron chi connectivity index (χ1n) is 8.74. The van der Waals surface area contributed by atoms with Gasteiger partial charge in [0.2, 0.25) is 5.91 Å². The number of carbonyl (C=O) groups excluding carboxylic acids is 3. The monoisotopic (exact) mass is 379 g/mol. The highest BCUT2D eigenvalue weighted by Crippen LogP contribution is 2.14. The number of nitrogens with one attached hydrogen (secondary N) is 2. The Morgan fingerprint density at radius 1 is 1.04 bits per heavy atom. The Kier molecular flexibility index (Phi) is 7.28. The average Bonchev–Trinajstić information content (AvgIpc) is 2.69. The van der Waals surface area contributed by atoms with Crippen LogP contribution in [0.25, 0.3) is 0 Å². The molecule has 2 aromatic rings. The van der Waals surface area contributed by atoms with E-state index in [0.29, 0.717) is 5.69 Å². The third kappa shape index (κ3) is 5.95. The van der Waals surface area contributed by atoms with E-state index in [2.05, 4.69) is 10.6 Å². The molecule has 2 amide bonds. The van der Waals surface area contributed by atoms with E-state index >= 15 is 0 Å². The lowest BCUT2D eigenvalue weighted by atomic mass is 10.1. The molecule has 0 fully saturated rings. The number of ether oxygens (including phenoxy) is 1. The summed E-state index contributed by atoms with van der Waals surface area (Å²) in [4.78, 5) is 35.9. The van der Waals surface area contributed by atoms with Gasteiger partial charge in [-0.25, -0.2) is 4.79 Å². The van der Waals surface area contributed by atoms with Crippen molar-refractivity contribution in [2.75, 3.05) is 5.32 Å². The van der Waals surface area contributed by atoms with Crippen LogP contribution < -0.4 is 10.6 Å². The zero-order valence-electron chi connectivity index (χ0n) is 15.6. The van der Waals surface area contributed by atoms with Crippen LogP contribution in [0.4, 0.5) is 5.69 Å². The van der Waals surface area contributed by atoms with Crippen molar-refractivity contribution in [1.82, 2.24) is 5.32 Å². The van der Waals surface area contributed by atoms with Gasteiger partial charge in [-0.2, -0.15) is 5.26 Å². The summed E-state index contributed by atoms with van der Waals surface area (Å²) in [7, 11) is 0. The Morgan fingerprint density at radius 2 is 1.68 bits per heavy atom. The topological polar surface area (TPSA) is 108 Å². The molecular weight excluding hydrogens is 358 g/mol. The molecule has 0 aromatic heterocycles. The lowest BCUT2D eigenvalue weighted by Gasteiger charge is -2.18. The van der Waals surface area contributed by atoms with Gasteiger partial charge in [-0.1, -0.05) is 30.3 Å². The van der Waals surface area contributed by atoms with Gasteiger partial charge in [-0.05, 0) is 43.7 Å². The van der Waals surface area contributed by atoms with E-state index in [1.54, 1.807) is 6.07 Å². The fourth-order valence-corrected chi connectivity index (χ4v) is 2.40. The fourth-order valence-electron chi connectivity index (χ4n) is 2.40. The number of rotatable bonds is 7. The van der Waals surface area contributed by atoms with Gasteiger partial charge in [0.1, 0.15) is 6.42 Å². The molecule has 2 N–H and O–H groups in total. The van der Waals surface area contributed by atoms with Gasteiger partial charge >= 0.3 is 5.97 Å². The summed E-state index contributed by atoms with van der Waals surface area (Å²) in [6.45, 7) is 3.35. The van der Waals surface area contributed by atoms with Crippen molar-refractivity contribution in [2.24, 2.45) is 0 Å². The van der Waals surface area contributed by atoms with Gasteiger partial charge < -0.3 is 15.4 Å². The molecule has 7 heteroatoms. The molecule has 0 aliphatic rings. The van der Waals surface area contributed by atoms with Crippen LogP contribution in [0.5, 0.6) is 0 Å². The quantitative estimate of drug-likeness (QED) is 0.719. The maximum atomic E-state index is 12.3. The summed E-state index contributed by atoms with van der Waals surface area (Å²) in [5, 5.41) is 13.8. The number of amides is 2. The zero-order chi connectivity index (χ0) is 20.5. The molecule has 2 aromatic carbocycles. The first-order chi connectivity index (χ1) is 13.4. The first-order valence-corrected chi connectivity index (χ1v) is 8.74. The highest BCUT2D eigenvalue weighted by molar-refractivity contribution is 5.94. The molecule has 0 radical (unpaired) electrons. The van der Waals surface area contributed by atoms with Crippen molar-refractivity contribution in [1.29, 1.82) is 5.26 Å². The minimum absolute atomic E-state index is 0.217. The number of nitrogens with zero attached hydrogens (tertiary/aromatic N) is 1. The molecule has 0 aliphatic carbocycles. The fraction of sp³-hybridized carbons (Fsp3) is 0.238. The molecule has 144 valence electrons. The van der Waals surface area contributed by atoms with Crippen LogP contribution >= 0.6 is 0 Å². The molecule has 0 aliphatic heterocycles. The summed E-state index contributed by atoms with van der Waals surface area (Å²) in [5.74, 6) is -1.48. The third-order valence-corrected chi connectivity index (χ3v) is 3.96. The van der Waals surface area contributed by atoms with Crippen molar-refractivity contribution in [3.63, 3.8) is 0 Å². The summed E-state index contributed by atoms with van der Waals surface area (Å²) in [5.41, 5.74) is 1.65. The molecule has 0 heterocycles. The van der Waals surface area contributed by atoms with E-state index < -0.39 is 23.9 Å². The van der Waals surface area contributed by atoms with E-state index in [9.17, 15) is 14.4 Å². The third-order valence-electron chi connectivity index (χ3n) is 3.96. The van der Waals surface area contributed by atoms with Crippen LogP contribution in [0, 0.1) is 11.3 Å². The molecule has 0 saturated carbocycles. The van der Waals surface area contributed by atoms with Crippen LogP contribution in [-0.4, -0.2) is 23.9 Å². The predicted octanol–water partition coefficient (Wildman–Crippen LogP) is 2.96. The Morgan fingerprint density at radius 3 is 2.29 bits per heavy atom. The minimum atomic E-state index is -0.964. The Labute approximate surface area is 163 Å². The summed E-state index contributed by atoms with van der Waals surface area (Å²) < 4.78 is 5.21. The van der Waals surface area contributed by atoms with Gasteiger partial charge in [0.15, 0.2) is 6.10 Å². The van der Waals surface area contributed by atoms with E-state index in [1.807, 2.05) is 37.3 Å². The van der Waals surface area contributed by atoms with Crippen LogP contribution in [0.2, 0.25) is 0 Å². The second kappa shape index (κ2) is 9.88. The largest absolute Gasteiger partial charge is 0.449 e. The normalized spacial score (nSPS) is 12.2. The molecule has 28 heavy (non-hydrogen) atoms. The molecule has 2 rings (SSSR count). The second-order valence-electron chi connectivity index (χ2n) is 6.15. The SMILES string of the molecule is C[C@@H](OC(=O)c1ccc(NC(=O)CC#N)cc1)C(=O)N[C@H](C)c1ccccc1. The number of hydrogen-bond donors (Lipinski definition) is 2. The smallest absolute Gasteiger partial charge is 0.338 e. The van der Waals surface area contributed by atoms with E-state index in [0.717, 1.165) is 5.56 Å². The van der Waals surface area contributed by atoms with Gasteiger partial charge in [-0.3, -0.25) is 9.59 Å². The first kappa shape index (κ1) is 20.6. The summed E-state index contributed by atoms with van der Waals surface area (Å²) in [6.07, 6.45) is -1.22. The molecule has 0 saturated heterocycles. The van der Waals surface area contributed by atoms with Crippen molar-refractivity contribution < 1.29 is 19.1 Å². The molecular formula is C21H21N3O4. The lowest BCUT2D eigenvalue weighted by Crippen LogP contribution is -2.37. The van der Waals surface area contributed by atoms with Gasteiger partial charge in [0, 0.05) is 5.69 Å². The minimum Gasteiger partial charge on any atom is -0.449 e. The highest BCUT2D eigenvalue weighted by atomic mass is 16.5. The highest BCUT2D eigenvalue weighted by Gasteiger charge is 2.20. The number of hydrogen-bond acceptors (Lipinski definition) is 5. The average molecular weight is 379 g/mol. The Hall–Kier alpha value is -3.66. The summed E-state index contributed by atoms with van der Waals surface area (Å²) in [6, 6.07) is 17.0. The lowest BCUT2D eigenvalue weighted by molar-refractivity contribution is -0.129. The van der Waals surface area contributed by atoms with E-state index in [1.165, 1.54) is 31.2 Å². The molecule has 0 bridgehead atoms. The van der Waals surface area contributed by atoms with Gasteiger partial charge in [-0.15, -0.1) is 0 Å². The number of anilines is 1. The van der Waals surface area contributed by atoms with Gasteiger partial charge in [0.05, 0.1) is 17.7 Å². The van der Waals surface area contributed by atoms with Crippen molar-refractivity contribution >= 4 is 23.5 Å². The van der Waals surface area contributed by atoms with Crippen molar-refractivity contribution in [3.05, 3.63) is 65.7 Å². The van der Waals surface area contributed by atoms with E-state index in [-0.39, 0.29) is 18.0 Å². The number of carbonyl (C=O) groups is 3. The Bertz CT molecular complexity index is 873. The maximum Gasteiger partial charge on any atom is 0.338 e. The number of benzene rings is 2. The van der Waals surface area contributed by atoms with Gasteiger partial charge in [0.25, 0.3) is 5.91 Å². The van der Waals surface area contributed by atoms with Crippen molar-refractivity contribution in [2.45, 2.75) is 32.4 Å². The molecule has 0 unspecified atom stereocenters. The second-order valence-corrected chi connectivity index (χ2v) is 6.15. The molecule has 7 nitrogen and oxygen atoms in total. The van der Waals surface area contributed by atoms with Crippen LogP contribution in [0.1, 0.15) is 42.2 Å². The maximum absolute atomic E-state index is 12.3.